The van der Waals surface area contributed by atoms with Crippen LogP contribution in [0.15, 0.2) is 115 Å². The van der Waals surface area contributed by atoms with Crippen LogP contribution in [0.5, 0.6) is 5.75 Å². The zero-order chi connectivity index (χ0) is 22.0. The molecule has 0 aliphatic rings. The first-order valence-electron chi connectivity index (χ1n) is 10.5. The molecule has 0 aliphatic heterocycles. The van der Waals surface area contributed by atoms with Crippen molar-refractivity contribution in [1.82, 2.24) is 0 Å². The quantitative estimate of drug-likeness (QED) is 0.258. The number of thiophene rings is 1. The van der Waals surface area contributed by atoms with Gasteiger partial charge in [0.25, 0.3) is 0 Å². The highest BCUT2D eigenvalue weighted by atomic mass is 32.1. The summed E-state index contributed by atoms with van der Waals surface area (Å²) in [5.74, 6) is 0.790. The predicted molar refractivity (Wildman–Crippen MR) is 136 cm³/mol. The maximum Gasteiger partial charge on any atom is 0.155 e. The number of ether oxygens (including phenoxy) is 1. The number of fused-ring (bicyclic) bond motifs is 1. The maximum absolute atomic E-state index is 15.3. The second kappa shape index (κ2) is 8.78. The molecule has 4 heteroatoms. The number of methoxy groups -OCH3 is 1. The molecule has 0 N–H and O–H groups in total. The van der Waals surface area contributed by atoms with E-state index < -0.39 is 7.14 Å². The number of hydrogen-bond donors (Lipinski definition) is 0. The Hall–Kier alpha value is -3.13. The first kappa shape index (κ1) is 20.8. The molecule has 2 nitrogen and oxygen atoms in total. The van der Waals surface area contributed by atoms with Gasteiger partial charge in [0, 0.05) is 20.2 Å². The summed E-state index contributed by atoms with van der Waals surface area (Å²) in [4.78, 5) is 1.10. The lowest BCUT2D eigenvalue weighted by molar-refractivity contribution is 0.414. The van der Waals surface area contributed by atoms with Crippen molar-refractivity contribution in [3.63, 3.8) is 0 Å². The summed E-state index contributed by atoms with van der Waals surface area (Å²) in [5, 5.41) is 2.91. The first-order chi connectivity index (χ1) is 15.7. The van der Waals surface area contributed by atoms with Crippen molar-refractivity contribution in [2.45, 2.75) is 5.66 Å². The standard InChI is InChI=1S/C28H23O2PS/c1-30-23-18-16-21(17-19-23)28(27-20-22-10-8-9-15-26(22)32-27)31(29,24-11-4-2-5-12-24)25-13-6-3-7-14-25/h2-20,28H,1H3. The highest BCUT2D eigenvalue weighted by molar-refractivity contribution is 7.79. The Morgan fingerprint density at radius 1 is 0.719 bits per heavy atom. The van der Waals surface area contributed by atoms with Gasteiger partial charge in [-0.2, -0.15) is 0 Å². The topological polar surface area (TPSA) is 26.3 Å². The minimum Gasteiger partial charge on any atom is -0.497 e. The molecule has 5 aromatic rings. The van der Waals surface area contributed by atoms with E-state index in [-0.39, 0.29) is 5.66 Å². The molecule has 0 saturated carbocycles. The van der Waals surface area contributed by atoms with E-state index in [1.807, 2.05) is 84.9 Å². The van der Waals surface area contributed by atoms with Crippen LogP contribution in [0.25, 0.3) is 10.1 Å². The third kappa shape index (κ3) is 3.68. The summed E-state index contributed by atoms with van der Waals surface area (Å²) >= 11 is 1.72. The van der Waals surface area contributed by atoms with Gasteiger partial charge in [0.1, 0.15) is 5.75 Å². The van der Waals surface area contributed by atoms with E-state index in [0.29, 0.717) is 0 Å². The van der Waals surface area contributed by atoms with Crippen LogP contribution in [0.1, 0.15) is 16.1 Å². The van der Waals surface area contributed by atoms with E-state index in [0.717, 1.165) is 26.8 Å². The lowest BCUT2D eigenvalue weighted by atomic mass is 10.1. The summed E-state index contributed by atoms with van der Waals surface area (Å²) in [7, 11) is -1.42. The van der Waals surface area contributed by atoms with E-state index in [1.54, 1.807) is 18.4 Å². The Labute approximate surface area is 192 Å². The largest absolute Gasteiger partial charge is 0.497 e. The molecule has 5 rings (SSSR count). The van der Waals surface area contributed by atoms with Crippen molar-refractivity contribution in [2.75, 3.05) is 7.11 Å². The maximum atomic E-state index is 15.3. The van der Waals surface area contributed by atoms with Crippen molar-refractivity contribution in [1.29, 1.82) is 0 Å². The molecule has 0 amide bonds. The van der Waals surface area contributed by atoms with Crippen molar-refractivity contribution in [2.24, 2.45) is 0 Å². The molecule has 4 aromatic carbocycles. The van der Waals surface area contributed by atoms with Gasteiger partial charge in [-0.25, -0.2) is 0 Å². The van der Waals surface area contributed by atoms with Crippen LogP contribution in [0.2, 0.25) is 0 Å². The summed E-state index contributed by atoms with van der Waals surface area (Å²) in [6.45, 7) is 0. The van der Waals surface area contributed by atoms with Gasteiger partial charge in [0.15, 0.2) is 7.14 Å². The Morgan fingerprint density at radius 3 is 1.84 bits per heavy atom. The van der Waals surface area contributed by atoms with Crippen molar-refractivity contribution in [3.05, 3.63) is 126 Å². The van der Waals surface area contributed by atoms with Gasteiger partial charge in [0.05, 0.1) is 12.8 Å². The molecule has 158 valence electrons. The summed E-state index contributed by atoms with van der Waals surface area (Å²) in [6, 6.07) is 38.4. The van der Waals surface area contributed by atoms with Gasteiger partial charge in [-0.05, 0) is 35.2 Å². The van der Waals surface area contributed by atoms with Crippen molar-refractivity contribution < 1.29 is 9.30 Å². The summed E-state index contributed by atoms with van der Waals surface area (Å²) < 4.78 is 21.9. The zero-order valence-electron chi connectivity index (χ0n) is 17.7. The molecule has 1 aromatic heterocycles. The van der Waals surface area contributed by atoms with Crippen LogP contribution in [-0.4, -0.2) is 7.11 Å². The van der Waals surface area contributed by atoms with Gasteiger partial charge in [0.2, 0.25) is 0 Å². The van der Waals surface area contributed by atoms with Gasteiger partial charge in [-0.15, -0.1) is 11.3 Å². The minimum atomic E-state index is -3.09. The van der Waals surface area contributed by atoms with Crippen LogP contribution in [0.3, 0.4) is 0 Å². The summed E-state index contributed by atoms with van der Waals surface area (Å²) in [6.07, 6.45) is 0. The molecule has 0 bridgehead atoms. The fraction of sp³-hybridized carbons (Fsp3) is 0.0714. The van der Waals surface area contributed by atoms with E-state index >= 15 is 4.57 Å². The highest BCUT2D eigenvalue weighted by Crippen LogP contribution is 2.61. The first-order valence-corrected chi connectivity index (χ1v) is 13.1. The van der Waals surface area contributed by atoms with E-state index in [9.17, 15) is 0 Å². The van der Waals surface area contributed by atoms with Crippen LogP contribution in [0.4, 0.5) is 0 Å². The van der Waals surface area contributed by atoms with E-state index in [2.05, 4.69) is 30.3 Å². The normalized spacial score (nSPS) is 12.5. The average molecular weight is 455 g/mol. The summed E-state index contributed by atoms with van der Waals surface area (Å²) in [5.41, 5.74) is 0.726. The van der Waals surface area contributed by atoms with Crippen LogP contribution < -0.4 is 15.3 Å². The molecule has 32 heavy (non-hydrogen) atoms. The van der Waals surface area contributed by atoms with E-state index in [4.69, 9.17) is 4.74 Å². The lowest BCUT2D eigenvalue weighted by Crippen LogP contribution is -2.21. The van der Waals surface area contributed by atoms with Gasteiger partial charge in [-0.1, -0.05) is 91.0 Å². The lowest BCUT2D eigenvalue weighted by Gasteiger charge is -2.29. The molecular formula is C28H23O2PS. The minimum absolute atomic E-state index is 0.296. The zero-order valence-corrected chi connectivity index (χ0v) is 19.4. The highest BCUT2D eigenvalue weighted by Gasteiger charge is 2.39. The fourth-order valence-corrected chi connectivity index (χ4v) is 9.05. The molecule has 0 fully saturated rings. The number of benzene rings is 4. The molecule has 0 spiro atoms. The Balaban J connectivity index is 1.81. The Bertz CT molecular complexity index is 1300. The van der Waals surface area contributed by atoms with Crippen LogP contribution >= 0.6 is 18.5 Å². The van der Waals surface area contributed by atoms with Crippen molar-refractivity contribution in [3.8, 4) is 5.75 Å². The van der Waals surface area contributed by atoms with Crippen LogP contribution in [0, 0.1) is 0 Å². The van der Waals surface area contributed by atoms with Gasteiger partial charge >= 0.3 is 0 Å². The smallest absolute Gasteiger partial charge is 0.155 e. The third-order valence-electron chi connectivity index (χ3n) is 5.79. The fourth-order valence-electron chi connectivity index (χ4n) is 4.22. The average Bonchev–Trinajstić information content (AvgIpc) is 3.29. The van der Waals surface area contributed by atoms with Crippen LogP contribution in [-0.2, 0) is 4.57 Å². The molecule has 0 aliphatic carbocycles. The van der Waals surface area contributed by atoms with Gasteiger partial charge < -0.3 is 9.30 Å². The Kier molecular flexibility index (Phi) is 5.70. The molecule has 0 saturated heterocycles. The van der Waals surface area contributed by atoms with Gasteiger partial charge in [-0.3, -0.25) is 0 Å². The molecule has 1 atom stereocenters. The van der Waals surface area contributed by atoms with Crippen molar-refractivity contribution >= 4 is 39.2 Å². The number of rotatable bonds is 6. The molecule has 1 unspecified atom stereocenters. The Morgan fingerprint density at radius 2 is 1.28 bits per heavy atom. The predicted octanol–water partition coefficient (Wildman–Crippen LogP) is 7.01. The molecule has 0 radical (unpaired) electrons. The third-order valence-corrected chi connectivity index (χ3v) is 10.6. The number of hydrogen-bond acceptors (Lipinski definition) is 3. The SMILES string of the molecule is COc1ccc(C(c2cc3ccccc3s2)P(=O)(c2ccccc2)c2ccccc2)cc1. The van der Waals surface area contributed by atoms with E-state index in [1.165, 1.54) is 10.1 Å². The second-order valence-corrected chi connectivity index (χ2v) is 11.7. The molecule has 1 heterocycles. The monoisotopic (exact) mass is 454 g/mol. The second-order valence-electron chi connectivity index (χ2n) is 7.69. The molecular weight excluding hydrogens is 431 g/mol.